The van der Waals surface area contributed by atoms with Crippen LogP contribution in [0.15, 0.2) is 41.5 Å². The third-order valence-electron chi connectivity index (χ3n) is 6.02. The standard InChI is InChI=1S/C22H26N8O2/c1-23-19-12-18-16(13-24-19)22(17-10-11-28(2)25-17)27-30(18)14-4-6-15(7-5-14)32-20-8-9-21(31)29(3)26-20/h8-15H,4-7H2,1-3H3,(H,23,24). The summed E-state index contributed by atoms with van der Waals surface area (Å²) < 4.78 is 11.2. The number of fused-ring (bicyclic) bond motifs is 1. The molecule has 0 bridgehead atoms. The third-order valence-corrected chi connectivity index (χ3v) is 6.02. The Hall–Kier alpha value is -3.69. The molecule has 166 valence electrons. The van der Waals surface area contributed by atoms with Crippen LogP contribution in [0.3, 0.4) is 0 Å². The maximum absolute atomic E-state index is 11.5. The van der Waals surface area contributed by atoms with Crippen molar-refractivity contribution in [3.8, 4) is 17.3 Å². The van der Waals surface area contributed by atoms with Gasteiger partial charge in [0.05, 0.1) is 11.6 Å². The molecule has 0 spiro atoms. The number of rotatable bonds is 5. The molecule has 0 unspecified atom stereocenters. The van der Waals surface area contributed by atoms with E-state index in [1.54, 1.807) is 17.8 Å². The van der Waals surface area contributed by atoms with Gasteiger partial charge in [-0.05, 0) is 31.7 Å². The van der Waals surface area contributed by atoms with Gasteiger partial charge >= 0.3 is 0 Å². The van der Waals surface area contributed by atoms with Crippen LogP contribution in [0.4, 0.5) is 5.82 Å². The lowest BCUT2D eigenvalue weighted by Gasteiger charge is -2.29. The van der Waals surface area contributed by atoms with Crippen molar-refractivity contribution in [1.29, 1.82) is 0 Å². The number of hydrogen-bond acceptors (Lipinski definition) is 7. The molecule has 32 heavy (non-hydrogen) atoms. The summed E-state index contributed by atoms with van der Waals surface area (Å²) in [5.74, 6) is 1.30. The smallest absolute Gasteiger partial charge is 0.266 e. The van der Waals surface area contributed by atoms with Crippen LogP contribution in [0.5, 0.6) is 5.88 Å². The molecular formula is C22H26N8O2. The molecule has 1 aliphatic rings. The van der Waals surface area contributed by atoms with Gasteiger partial charge in [0.1, 0.15) is 23.3 Å². The molecule has 10 heteroatoms. The van der Waals surface area contributed by atoms with Gasteiger partial charge in [0, 0.05) is 57.1 Å². The van der Waals surface area contributed by atoms with E-state index in [1.807, 2.05) is 38.6 Å². The Morgan fingerprint density at radius 2 is 1.88 bits per heavy atom. The van der Waals surface area contributed by atoms with Crippen molar-refractivity contribution in [1.82, 2.24) is 34.3 Å². The highest BCUT2D eigenvalue weighted by Crippen LogP contribution is 2.35. The summed E-state index contributed by atoms with van der Waals surface area (Å²) in [5.41, 5.74) is 2.59. The molecule has 4 heterocycles. The highest BCUT2D eigenvalue weighted by Gasteiger charge is 2.27. The maximum atomic E-state index is 11.5. The van der Waals surface area contributed by atoms with Crippen molar-refractivity contribution in [2.75, 3.05) is 12.4 Å². The Morgan fingerprint density at radius 1 is 1.06 bits per heavy atom. The summed E-state index contributed by atoms with van der Waals surface area (Å²) in [4.78, 5) is 16.0. The Bertz CT molecular complexity index is 1310. The molecule has 0 radical (unpaired) electrons. The molecule has 1 saturated carbocycles. The largest absolute Gasteiger partial charge is 0.473 e. The molecule has 1 N–H and O–H groups in total. The van der Waals surface area contributed by atoms with Gasteiger partial charge in [0.25, 0.3) is 5.56 Å². The number of aryl methyl sites for hydroxylation is 2. The number of aromatic nitrogens is 7. The predicted molar refractivity (Wildman–Crippen MR) is 121 cm³/mol. The number of hydrogen-bond donors (Lipinski definition) is 1. The van der Waals surface area contributed by atoms with Crippen LogP contribution in [0.1, 0.15) is 31.7 Å². The molecule has 0 aromatic carbocycles. The molecule has 1 aliphatic carbocycles. The lowest BCUT2D eigenvalue weighted by atomic mass is 9.93. The van der Waals surface area contributed by atoms with Crippen molar-refractivity contribution >= 4 is 16.7 Å². The fourth-order valence-corrected chi connectivity index (χ4v) is 4.30. The molecule has 0 aliphatic heterocycles. The van der Waals surface area contributed by atoms with Crippen molar-refractivity contribution in [3.63, 3.8) is 0 Å². The summed E-state index contributed by atoms with van der Waals surface area (Å²) in [6, 6.07) is 7.40. The fourth-order valence-electron chi connectivity index (χ4n) is 4.30. The van der Waals surface area contributed by atoms with E-state index >= 15 is 0 Å². The molecule has 1 fully saturated rings. The van der Waals surface area contributed by atoms with Crippen LogP contribution < -0.4 is 15.6 Å². The Labute approximate surface area is 184 Å². The van der Waals surface area contributed by atoms with Gasteiger partial charge in [-0.15, -0.1) is 5.10 Å². The predicted octanol–water partition coefficient (Wildman–Crippen LogP) is 2.53. The van der Waals surface area contributed by atoms with E-state index in [1.165, 1.54) is 10.7 Å². The highest BCUT2D eigenvalue weighted by atomic mass is 16.5. The van der Waals surface area contributed by atoms with Crippen molar-refractivity contribution in [2.45, 2.75) is 37.8 Å². The van der Waals surface area contributed by atoms with Crippen LogP contribution in [0.25, 0.3) is 22.3 Å². The lowest BCUT2D eigenvalue weighted by Crippen LogP contribution is -2.27. The minimum atomic E-state index is -0.147. The van der Waals surface area contributed by atoms with Crippen molar-refractivity contribution in [3.05, 3.63) is 47.0 Å². The second kappa shape index (κ2) is 8.10. The maximum Gasteiger partial charge on any atom is 0.266 e. The van der Waals surface area contributed by atoms with Gasteiger partial charge in [-0.3, -0.25) is 14.2 Å². The second-order valence-corrected chi connectivity index (χ2v) is 8.19. The zero-order chi connectivity index (χ0) is 22.2. The van der Waals surface area contributed by atoms with E-state index in [4.69, 9.17) is 9.84 Å². The van der Waals surface area contributed by atoms with Gasteiger partial charge in [-0.1, -0.05) is 0 Å². The molecule has 5 rings (SSSR count). The number of nitrogens with zero attached hydrogens (tertiary/aromatic N) is 7. The van der Waals surface area contributed by atoms with E-state index < -0.39 is 0 Å². The minimum absolute atomic E-state index is 0.0721. The molecule has 0 saturated heterocycles. The van der Waals surface area contributed by atoms with E-state index in [2.05, 4.69) is 25.2 Å². The van der Waals surface area contributed by atoms with Gasteiger partial charge in [0.2, 0.25) is 5.88 Å². The lowest BCUT2D eigenvalue weighted by molar-refractivity contribution is 0.123. The number of pyridine rings is 1. The van der Waals surface area contributed by atoms with E-state index in [9.17, 15) is 4.79 Å². The van der Waals surface area contributed by atoms with Crippen molar-refractivity contribution in [2.24, 2.45) is 14.1 Å². The second-order valence-electron chi connectivity index (χ2n) is 8.19. The SMILES string of the molecule is CNc1cc2c(cn1)c(-c1ccn(C)n1)nn2C1CCC(Oc2ccc(=O)n(C)n2)CC1. The minimum Gasteiger partial charge on any atom is -0.473 e. The zero-order valence-corrected chi connectivity index (χ0v) is 18.4. The molecule has 4 aromatic heterocycles. The summed E-state index contributed by atoms with van der Waals surface area (Å²) >= 11 is 0. The number of ether oxygens (including phenoxy) is 1. The fraction of sp³-hybridized carbons (Fsp3) is 0.409. The monoisotopic (exact) mass is 434 g/mol. The van der Waals surface area contributed by atoms with E-state index in [0.717, 1.165) is 53.8 Å². The van der Waals surface area contributed by atoms with E-state index in [0.29, 0.717) is 5.88 Å². The summed E-state index contributed by atoms with van der Waals surface area (Å²) in [6.07, 6.45) is 7.51. The quantitative estimate of drug-likeness (QED) is 0.515. The first-order chi connectivity index (χ1) is 15.5. The van der Waals surface area contributed by atoms with Crippen LogP contribution >= 0.6 is 0 Å². The summed E-state index contributed by atoms with van der Waals surface area (Å²) in [7, 11) is 5.40. The molecule has 0 amide bonds. The van der Waals surface area contributed by atoms with Crippen LogP contribution in [-0.2, 0) is 14.1 Å². The van der Waals surface area contributed by atoms with Gasteiger partial charge in [-0.2, -0.15) is 10.2 Å². The molecule has 4 aromatic rings. The Balaban J connectivity index is 1.40. The molecular weight excluding hydrogens is 408 g/mol. The topological polar surface area (TPSA) is 105 Å². The average Bonchev–Trinajstić information content (AvgIpc) is 3.40. The van der Waals surface area contributed by atoms with Gasteiger partial charge < -0.3 is 10.1 Å². The average molecular weight is 435 g/mol. The number of anilines is 1. The Morgan fingerprint density at radius 3 is 2.56 bits per heavy atom. The summed E-state index contributed by atoms with van der Waals surface area (Å²) in [5, 5.41) is 17.8. The van der Waals surface area contributed by atoms with Crippen LogP contribution in [-0.4, -0.2) is 47.5 Å². The highest BCUT2D eigenvalue weighted by molar-refractivity contribution is 5.93. The van der Waals surface area contributed by atoms with Crippen LogP contribution in [0.2, 0.25) is 0 Å². The molecule has 0 atom stereocenters. The zero-order valence-electron chi connectivity index (χ0n) is 18.4. The first kappa shape index (κ1) is 20.2. The van der Waals surface area contributed by atoms with Crippen LogP contribution in [0, 0.1) is 0 Å². The van der Waals surface area contributed by atoms with Gasteiger partial charge in [0.15, 0.2) is 0 Å². The summed E-state index contributed by atoms with van der Waals surface area (Å²) in [6.45, 7) is 0. The Kier molecular flexibility index (Phi) is 5.12. The van der Waals surface area contributed by atoms with Crippen molar-refractivity contribution < 1.29 is 4.74 Å². The third kappa shape index (κ3) is 3.72. The number of nitrogens with one attached hydrogen (secondary N) is 1. The first-order valence-corrected chi connectivity index (χ1v) is 10.8. The van der Waals surface area contributed by atoms with Gasteiger partial charge in [-0.25, -0.2) is 9.67 Å². The molecule has 10 nitrogen and oxygen atoms in total. The first-order valence-electron chi connectivity index (χ1n) is 10.8. The van der Waals surface area contributed by atoms with E-state index in [-0.39, 0.29) is 17.7 Å². The normalized spacial score (nSPS) is 18.7.